The molecule has 32 heavy (non-hydrogen) atoms. The summed E-state index contributed by atoms with van der Waals surface area (Å²) in [5, 5.41) is 18.8. The van der Waals surface area contributed by atoms with Crippen LogP contribution in [0.1, 0.15) is 28.8 Å². The first-order chi connectivity index (χ1) is 15.4. The molecular formula is C23H26N6O3. The molecule has 0 spiro atoms. The topological polar surface area (TPSA) is 96.5 Å². The smallest absolute Gasteiger partial charge is 0.293 e. The zero-order valence-corrected chi connectivity index (χ0v) is 18.2. The van der Waals surface area contributed by atoms with Gasteiger partial charge in [-0.2, -0.15) is 5.10 Å². The molecule has 1 N–H and O–H groups in total. The number of nitrogens with one attached hydrogen (secondary N) is 1. The van der Waals surface area contributed by atoms with Crippen LogP contribution in [0.2, 0.25) is 0 Å². The van der Waals surface area contributed by atoms with E-state index >= 15 is 0 Å². The summed E-state index contributed by atoms with van der Waals surface area (Å²) in [5.41, 5.74) is 2.90. The van der Waals surface area contributed by atoms with Crippen LogP contribution in [0.4, 0.5) is 22.9 Å². The second-order valence-electron chi connectivity index (χ2n) is 8.04. The monoisotopic (exact) mass is 434 g/mol. The third-order valence-corrected chi connectivity index (χ3v) is 5.62. The van der Waals surface area contributed by atoms with Crippen molar-refractivity contribution < 1.29 is 9.72 Å². The molecule has 1 amide bonds. The van der Waals surface area contributed by atoms with Crippen molar-refractivity contribution in [2.45, 2.75) is 19.4 Å². The van der Waals surface area contributed by atoms with E-state index in [9.17, 15) is 14.9 Å². The van der Waals surface area contributed by atoms with Crippen LogP contribution in [0.25, 0.3) is 0 Å². The van der Waals surface area contributed by atoms with Crippen molar-refractivity contribution in [3.8, 4) is 0 Å². The van der Waals surface area contributed by atoms with Crippen molar-refractivity contribution in [2.24, 2.45) is 0 Å². The second kappa shape index (κ2) is 9.09. The molecule has 0 unspecified atom stereocenters. The Hall–Kier alpha value is -3.88. The maximum absolute atomic E-state index is 12.8. The zero-order chi connectivity index (χ0) is 22.7. The molecule has 1 aromatic heterocycles. The molecule has 4 rings (SSSR count). The summed E-state index contributed by atoms with van der Waals surface area (Å²) in [6.45, 7) is 2.08. The molecule has 166 valence electrons. The van der Waals surface area contributed by atoms with Gasteiger partial charge >= 0.3 is 0 Å². The average Bonchev–Trinajstić information content (AvgIpc) is 3.46. The summed E-state index contributed by atoms with van der Waals surface area (Å²) in [6, 6.07) is 14.4. The summed E-state index contributed by atoms with van der Waals surface area (Å²) >= 11 is 0. The minimum absolute atomic E-state index is 0.0472. The van der Waals surface area contributed by atoms with Crippen LogP contribution in [0.3, 0.4) is 0 Å². The first kappa shape index (κ1) is 21.4. The van der Waals surface area contributed by atoms with Crippen molar-refractivity contribution in [3.05, 3.63) is 76.0 Å². The molecule has 0 saturated carbocycles. The lowest BCUT2D eigenvalue weighted by Gasteiger charge is -2.18. The van der Waals surface area contributed by atoms with Crippen LogP contribution in [-0.2, 0) is 6.54 Å². The number of aromatic nitrogens is 2. The highest BCUT2D eigenvalue weighted by molar-refractivity contribution is 6.04. The van der Waals surface area contributed by atoms with E-state index < -0.39 is 10.8 Å². The highest BCUT2D eigenvalue weighted by Crippen LogP contribution is 2.32. The fourth-order valence-electron chi connectivity index (χ4n) is 3.86. The third-order valence-electron chi connectivity index (χ3n) is 5.62. The lowest BCUT2D eigenvalue weighted by molar-refractivity contribution is -0.384. The maximum atomic E-state index is 12.8. The van der Waals surface area contributed by atoms with E-state index in [0.717, 1.165) is 37.2 Å². The first-order valence-corrected chi connectivity index (χ1v) is 10.5. The number of nitro groups is 1. The number of benzene rings is 2. The van der Waals surface area contributed by atoms with Crippen molar-refractivity contribution in [3.63, 3.8) is 0 Å². The molecule has 2 heterocycles. The Labute approximate surface area is 186 Å². The van der Waals surface area contributed by atoms with Crippen molar-refractivity contribution in [2.75, 3.05) is 42.3 Å². The molecule has 0 aliphatic carbocycles. The molecule has 1 aliphatic rings. The normalized spacial score (nSPS) is 13.2. The zero-order valence-electron chi connectivity index (χ0n) is 18.2. The van der Waals surface area contributed by atoms with Gasteiger partial charge in [0.15, 0.2) is 0 Å². The Morgan fingerprint density at radius 2 is 1.84 bits per heavy atom. The Balaban J connectivity index is 1.50. The van der Waals surface area contributed by atoms with E-state index in [1.54, 1.807) is 29.1 Å². The minimum Gasteiger partial charge on any atom is -0.378 e. The predicted molar refractivity (Wildman–Crippen MR) is 125 cm³/mol. The van der Waals surface area contributed by atoms with Gasteiger partial charge in [-0.25, -0.2) is 4.68 Å². The quantitative estimate of drug-likeness (QED) is 0.449. The molecule has 0 atom stereocenters. The number of rotatable bonds is 7. The second-order valence-corrected chi connectivity index (χ2v) is 8.04. The maximum Gasteiger partial charge on any atom is 0.293 e. The Morgan fingerprint density at radius 3 is 2.50 bits per heavy atom. The van der Waals surface area contributed by atoms with Crippen LogP contribution in [0.5, 0.6) is 0 Å². The molecule has 1 fully saturated rings. The van der Waals surface area contributed by atoms with Crippen LogP contribution in [0, 0.1) is 10.1 Å². The van der Waals surface area contributed by atoms with Gasteiger partial charge in [-0.1, -0.05) is 12.1 Å². The number of nitro benzene ring substituents is 1. The van der Waals surface area contributed by atoms with E-state index in [4.69, 9.17) is 0 Å². The van der Waals surface area contributed by atoms with Crippen molar-refractivity contribution in [1.29, 1.82) is 0 Å². The average molecular weight is 435 g/mol. The van der Waals surface area contributed by atoms with E-state index in [-0.39, 0.29) is 11.3 Å². The van der Waals surface area contributed by atoms with Gasteiger partial charge in [-0.15, -0.1) is 0 Å². The van der Waals surface area contributed by atoms with Crippen molar-refractivity contribution >= 4 is 28.8 Å². The Kier molecular flexibility index (Phi) is 6.07. The summed E-state index contributed by atoms with van der Waals surface area (Å²) < 4.78 is 1.69. The summed E-state index contributed by atoms with van der Waals surface area (Å²) in [5.74, 6) is 0.115. The number of carbonyl (C=O) groups is 1. The van der Waals surface area contributed by atoms with Gasteiger partial charge in [-0.3, -0.25) is 14.9 Å². The van der Waals surface area contributed by atoms with Gasteiger partial charge in [0.1, 0.15) is 11.5 Å². The lowest BCUT2D eigenvalue weighted by atomic mass is 10.1. The van der Waals surface area contributed by atoms with Crippen LogP contribution in [0.15, 0.2) is 54.7 Å². The van der Waals surface area contributed by atoms with E-state index in [1.807, 2.05) is 48.2 Å². The van der Waals surface area contributed by atoms with E-state index in [2.05, 4.69) is 10.4 Å². The van der Waals surface area contributed by atoms with Crippen LogP contribution < -0.4 is 15.1 Å². The summed E-state index contributed by atoms with van der Waals surface area (Å²) in [7, 11) is 3.97. The van der Waals surface area contributed by atoms with Gasteiger partial charge in [0, 0.05) is 50.6 Å². The van der Waals surface area contributed by atoms with Gasteiger partial charge in [-0.05, 0) is 42.7 Å². The van der Waals surface area contributed by atoms with Crippen LogP contribution >= 0.6 is 0 Å². The molecule has 9 nitrogen and oxygen atoms in total. The number of anilines is 3. The molecular weight excluding hydrogens is 408 g/mol. The summed E-state index contributed by atoms with van der Waals surface area (Å²) in [4.78, 5) is 28.1. The van der Waals surface area contributed by atoms with Crippen LogP contribution in [-0.4, -0.2) is 47.8 Å². The summed E-state index contributed by atoms with van der Waals surface area (Å²) in [6.07, 6.45) is 3.64. The number of carbonyl (C=O) groups excluding carboxylic acids is 1. The first-order valence-electron chi connectivity index (χ1n) is 10.5. The van der Waals surface area contributed by atoms with Gasteiger partial charge < -0.3 is 15.1 Å². The predicted octanol–water partition coefficient (Wildman–Crippen LogP) is 3.76. The molecule has 9 heteroatoms. The van der Waals surface area contributed by atoms with Gasteiger partial charge in [0.05, 0.1) is 17.7 Å². The number of hydrogen-bond donors (Lipinski definition) is 1. The van der Waals surface area contributed by atoms with Gasteiger partial charge in [0.25, 0.3) is 11.6 Å². The fourth-order valence-corrected chi connectivity index (χ4v) is 3.86. The third kappa shape index (κ3) is 4.56. The molecule has 3 aromatic rings. The lowest BCUT2D eigenvalue weighted by Crippen LogP contribution is -2.20. The number of hydrogen-bond acceptors (Lipinski definition) is 6. The number of amides is 1. The highest BCUT2D eigenvalue weighted by atomic mass is 16.6. The Bertz CT molecular complexity index is 1120. The van der Waals surface area contributed by atoms with Crippen molar-refractivity contribution in [1.82, 2.24) is 9.78 Å². The molecule has 2 aromatic carbocycles. The number of nitrogens with zero attached hydrogens (tertiary/aromatic N) is 5. The highest BCUT2D eigenvalue weighted by Gasteiger charge is 2.24. The minimum atomic E-state index is -0.425. The fraction of sp³-hybridized carbons (Fsp3) is 0.304. The molecule has 0 radical (unpaired) electrons. The van der Waals surface area contributed by atoms with Gasteiger partial charge in [0.2, 0.25) is 0 Å². The van der Waals surface area contributed by atoms with E-state index in [0.29, 0.717) is 18.1 Å². The SMILES string of the molecule is CN(C)c1ccc(Cn2nccc2NC(=O)c2ccc(N3CCCC3)c([N+](=O)[O-])c2)cc1. The molecule has 1 saturated heterocycles. The standard InChI is InChI=1S/C23H26N6O3/c1-26(2)19-8-5-17(6-9-19)16-28-22(11-12-24-28)25-23(30)18-7-10-20(21(15-18)29(31)32)27-13-3-4-14-27/h5-12,15H,3-4,13-14,16H2,1-2H3,(H,25,30). The molecule has 0 bridgehead atoms. The largest absolute Gasteiger partial charge is 0.378 e. The Morgan fingerprint density at radius 1 is 1.12 bits per heavy atom. The molecule has 1 aliphatic heterocycles. The van der Waals surface area contributed by atoms with E-state index in [1.165, 1.54) is 6.07 Å².